The standard InChI is InChI=1S/C11H12FN/c1-3-4-11(13-2)9-5-7-10(12)8-6-9/h3-8H,1-2H3/b4-3-,13-11?. The highest BCUT2D eigenvalue weighted by molar-refractivity contribution is 6.08. The Kier molecular flexibility index (Phi) is 3.38. The third kappa shape index (κ3) is 2.51. The third-order valence-corrected chi connectivity index (χ3v) is 1.71. The summed E-state index contributed by atoms with van der Waals surface area (Å²) < 4.78 is 12.6. The van der Waals surface area contributed by atoms with Crippen LogP contribution in [0.15, 0.2) is 41.4 Å². The third-order valence-electron chi connectivity index (χ3n) is 1.71. The highest BCUT2D eigenvalue weighted by atomic mass is 19.1. The van der Waals surface area contributed by atoms with Crippen LogP contribution in [-0.4, -0.2) is 12.8 Å². The van der Waals surface area contributed by atoms with Crippen LogP contribution in [0.2, 0.25) is 0 Å². The lowest BCUT2D eigenvalue weighted by atomic mass is 10.1. The zero-order chi connectivity index (χ0) is 9.68. The van der Waals surface area contributed by atoms with Crippen molar-refractivity contribution in [1.29, 1.82) is 0 Å². The summed E-state index contributed by atoms with van der Waals surface area (Å²) >= 11 is 0. The van der Waals surface area contributed by atoms with Crippen molar-refractivity contribution in [2.24, 2.45) is 4.99 Å². The van der Waals surface area contributed by atoms with E-state index in [4.69, 9.17) is 0 Å². The fourth-order valence-corrected chi connectivity index (χ4v) is 1.08. The van der Waals surface area contributed by atoms with Gasteiger partial charge in [-0.1, -0.05) is 6.08 Å². The molecule has 0 bridgehead atoms. The van der Waals surface area contributed by atoms with Gasteiger partial charge in [0.1, 0.15) is 5.82 Å². The van der Waals surface area contributed by atoms with Crippen molar-refractivity contribution in [3.63, 3.8) is 0 Å². The summed E-state index contributed by atoms with van der Waals surface area (Å²) in [5, 5.41) is 0. The molecule has 0 aliphatic rings. The molecule has 0 spiro atoms. The van der Waals surface area contributed by atoms with Crippen molar-refractivity contribution < 1.29 is 4.39 Å². The second-order valence-electron chi connectivity index (χ2n) is 2.62. The van der Waals surface area contributed by atoms with Gasteiger partial charge in [0, 0.05) is 7.05 Å². The van der Waals surface area contributed by atoms with Crippen LogP contribution in [0.5, 0.6) is 0 Å². The number of hydrogen-bond acceptors (Lipinski definition) is 1. The molecule has 68 valence electrons. The van der Waals surface area contributed by atoms with Gasteiger partial charge in [-0.3, -0.25) is 4.99 Å². The van der Waals surface area contributed by atoms with Crippen LogP contribution in [0.1, 0.15) is 12.5 Å². The fraction of sp³-hybridized carbons (Fsp3) is 0.182. The summed E-state index contributed by atoms with van der Waals surface area (Å²) in [5.74, 6) is -0.223. The number of aliphatic imine (C=N–C) groups is 1. The number of nitrogens with zero attached hydrogens (tertiary/aromatic N) is 1. The summed E-state index contributed by atoms with van der Waals surface area (Å²) in [6.07, 6.45) is 3.80. The van der Waals surface area contributed by atoms with Gasteiger partial charge in [0.05, 0.1) is 5.71 Å². The van der Waals surface area contributed by atoms with E-state index in [1.807, 2.05) is 19.1 Å². The molecule has 2 heteroatoms. The van der Waals surface area contributed by atoms with Gasteiger partial charge in [0.25, 0.3) is 0 Å². The lowest BCUT2D eigenvalue weighted by molar-refractivity contribution is 0.628. The van der Waals surface area contributed by atoms with Crippen molar-refractivity contribution in [3.8, 4) is 0 Å². The first kappa shape index (κ1) is 9.65. The average Bonchev–Trinajstić information content (AvgIpc) is 2.16. The van der Waals surface area contributed by atoms with Gasteiger partial charge in [-0.05, 0) is 42.8 Å². The Balaban J connectivity index is 3.00. The number of rotatable bonds is 2. The molecule has 0 atom stereocenters. The van der Waals surface area contributed by atoms with Crippen LogP contribution in [0.4, 0.5) is 4.39 Å². The van der Waals surface area contributed by atoms with E-state index in [2.05, 4.69) is 4.99 Å². The van der Waals surface area contributed by atoms with Crippen molar-refractivity contribution in [2.45, 2.75) is 6.92 Å². The highest BCUT2D eigenvalue weighted by Crippen LogP contribution is 2.05. The van der Waals surface area contributed by atoms with E-state index >= 15 is 0 Å². The predicted octanol–water partition coefficient (Wildman–Crippen LogP) is 2.82. The van der Waals surface area contributed by atoms with Crippen LogP contribution < -0.4 is 0 Å². The first-order valence-electron chi connectivity index (χ1n) is 4.13. The van der Waals surface area contributed by atoms with Crippen molar-refractivity contribution in [2.75, 3.05) is 7.05 Å². The first-order valence-corrected chi connectivity index (χ1v) is 4.13. The van der Waals surface area contributed by atoms with Crippen molar-refractivity contribution >= 4 is 5.71 Å². The Bertz CT molecular complexity index is 322. The van der Waals surface area contributed by atoms with Crippen LogP contribution >= 0.6 is 0 Å². The second-order valence-corrected chi connectivity index (χ2v) is 2.62. The lowest BCUT2D eigenvalue weighted by Gasteiger charge is -1.99. The SMILES string of the molecule is C/C=C\C(=NC)c1ccc(F)cc1. The van der Waals surface area contributed by atoms with Gasteiger partial charge in [-0.2, -0.15) is 0 Å². The minimum absolute atomic E-state index is 0.223. The molecule has 1 aromatic rings. The van der Waals surface area contributed by atoms with E-state index in [-0.39, 0.29) is 5.82 Å². The second kappa shape index (κ2) is 4.55. The van der Waals surface area contributed by atoms with Crippen LogP contribution in [0.25, 0.3) is 0 Å². The molecule has 0 unspecified atom stereocenters. The summed E-state index contributed by atoms with van der Waals surface area (Å²) in [5.41, 5.74) is 1.80. The quantitative estimate of drug-likeness (QED) is 0.616. The molecule has 0 aromatic heterocycles. The lowest BCUT2D eigenvalue weighted by Crippen LogP contribution is -1.95. The molecule has 13 heavy (non-hydrogen) atoms. The Morgan fingerprint density at radius 1 is 1.31 bits per heavy atom. The smallest absolute Gasteiger partial charge is 0.123 e. The predicted molar refractivity (Wildman–Crippen MR) is 53.7 cm³/mol. The minimum Gasteiger partial charge on any atom is -0.288 e. The number of benzene rings is 1. The fourth-order valence-electron chi connectivity index (χ4n) is 1.08. The first-order chi connectivity index (χ1) is 6.27. The molecular formula is C11H12FN. The Morgan fingerprint density at radius 3 is 2.38 bits per heavy atom. The Hall–Kier alpha value is -1.44. The van der Waals surface area contributed by atoms with Crippen LogP contribution in [-0.2, 0) is 0 Å². The Labute approximate surface area is 77.6 Å². The van der Waals surface area contributed by atoms with Gasteiger partial charge in [-0.25, -0.2) is 4.39 Å². The molecule has 0 N–H and O–H groups in total. The molecule has 0 aliphatic carbocycles. The van der Waals surface area contributed by atoms with Crippen LogP contribution in [0.3, 0.4) is 0 Å². The zero-order valence-corrected chi connectivity index (χ0v) is 7.79. The summed E-state index contributed by atoms with van der Waals surface area (Å²) in [7, 11) is 1.72. The van der Waals surface area contributed by atoms with E-state index in [1.54, 1.807) is 19.2 Å². The number of allylic oxidation sites excluding steroid dienone is 2. The van der Waals surface area contributed by atoms with E-state index in [1.165, 1.54) is 12.1 Å². The molecule has 1 nitrogen and oxygen atoms in total. The molecule has 1 aromatic carbocycles. The number of halogens is 1. The maximum Gasteiger partial charge on any atom is 0.123 e. The van der Waals surface area contributed by atoms with Crippen LogP contribution in [0, 0.1) is 5.82 Å². The van der Waals surface area contributed by atoms with Gasteiger partial charge in [-0.15, -0.1) is 0 Å². The molecule has 0 fully saturated rings. The summed E-state index contributed by atoms with van der Waals surface area (Å²) in [4.78, 5) is 4.09. The Morgan fingerprint density at radius 2 is 1.92 bits per heavy atom. The molecule has 0 amide bonds. The minimum atomic E-state index is -0.223. The molecule has 0 heterocycles. The van der Waals surface area contributed by atoms with Crippen molar-refractivity contribution in [3.05, 3.63) is 47.8 Å². The highest BCUT2D eigenvalue weighted by Gasteiger charge is 1.97. The topological polar surface area (TPSA) is 12.4 Å². The average molecular weight is 177 g/mol. The van der Waals surface area contributed by atoms with Crippen molar-refractivity contribution in [1.82, 2.24) is 0 Å². The summed E-state index contributed by atoms with van der Waals surface area (Å²) in [6.45, 7) is 1.93. The van der Waals surface area contributed by atoms with Gasteiger partial charge in [0.15, 0.2) is 0 Å². The normalized spacial score (nSPS) is 12.4. The van der Waals surface area contributed by atoms with E-state index in [9.17, 15) is 4.39 Å². The monoisotopic (exact) mass is 177 g/mol. The molecule has 0 radical (unpaired) electrons. The number of hydrogen-bond donors (Lipinski definition) is 0. The van der Waals surface area contributed by atoms with E-state index in [0.29, 0.717) is 0 Å². The van der Waals surface area contributed by atoms with E-state index < -0.39 is 0 Å². The molecule has 0 saturated heterocycles. The van der Waals surface area contributed by atoms with Gasteiger partial charge >= 0.3 is 0 Å². The maximum absolute atomic E-state index is 12.6. The molecule has 1 rings (SSSR count). The zero-order valence-electron chi connectivity index (χ0n) is 7.79. The largest absolute Gasteiger partial charge is 0.288 e. The van der Waals surface area contributed by atoms with Gasteiger partial charge in [0.2, 0.25) is 0 Å². The molecular weight excluding hydrogens is 165 g/mol. The molecule has 0 aliphatic heterocycles. The molecule has 0 saturated carbocycles. The van der Waals surface area contributed by atoms with E-state index in [0.717, 1.165) is 11.3 Å². The van der Waals surface area contributed by atoms with Gasteiger partial charge < -0.3 is 0 Å². The maximum atomic E-state index is 12.6. The summed E-state index contributed by atoms with van der Waals surface area (Å²) in [6, 6.07) is 6.31.